The van der Waals surface area contributed by atoms with Crippen LogP contribution in [-0.4, -0.2) is 27.6 Å². The first kappa shape index (κ1) is 10.4. The Morgan fingerprint density at radius 1 is 1.21 bits per heavy atom. The summed E-state index contributed by atoms with van der Waals surface area (Å²) in [6.45, 7) is 0. The van der Waals surface area contributed by atoms with Crippen molar-refractivity contribution < 1.29 is 4.79 Å². The lowest BCUT2D eigenvalue weighted by Crippen LogP contribution is -2.19. The van der Waals surface area contributed by atoms with Crippen LogP contribution in [0.2, 0.25) is 0 Å². The summed E-state index contributed by atoms with van der Waals surface area (Å²) < 4.78 is 0. The number of carbonyl (C=O) groups excluding carboxylic acids is 1. The fraction of sp³-hybridized carbons (Fsp3) is 0.300. The molecule has 0 aliphatic carbocycles. The minimum atomic E-state index is 0.652. The van der Waals surface area contributed by atoms with Gasteiger partial charge in [-0.15, -0.1) is 0 Å². The Morgan fingerprint density at radius 3 is 2.36 bits per heavy atom. The standard InChI is InChI=1S/C10H15N3O/c1-12(2)9-5-4-8(11)6-10(9)13(3)7-14/h4-7H,11H2,1-3H3. The predicted octanol–water partition coefficient (Wildman–Crippen LogP) is 0.927. The zero-order valence-corrected chi connectivity index (χ0v) is 8.69. The van der Waals surface area contributed by atoms with Gasteiger partial charge in [-0.1, -0.05) is 0 Å². The number of hydrogen-bond acceptors (Lipinski definition) is 3. The van der Waals surface area contributed by atoms with E-state index in [1.54, 1.807) is 13.1 Å². The van der Waals surface area contributed by atoms with Crippen LogP contribution in [0.15, 0.2) is 18.2 Å². The van der Waals surface area contributed by atoms with E-state index in [-0.39, 0.29) is 0 Å². The summed E-state index contributed by atoms with van der Waals surface area (Å²) in [5.41, 5.74) is 8.09. The minimum absolute atomic E-state index is 0.652. The molecule has 0 radical (unpaired) electrons. The molecule has 1 aromatic carbocycles. The normalized spacial score (nSPS) is 9.64. The number of nitrogen functional groups attached to an aromatic ring is 1. The molecule has 0 atom stereocenters. The molecular formula is C10H15N3O. The number of anilines is 3. The number of benzene rings is 1. The second-order valence-corrected chi connectivity index (χ2v) is 3.36. The summed E-state index contributed by atoms with van der Waals surface area (Å²) in [5.74, 6) is 0. The van der Waals surface area contributed by atoms with E-state index < -0.39 is 0 Å². The van der Waals surface area contributed by atoms with Crippen molar-refractivity contribution in [2.75, 3.05) is 36.7 Å². The third-order valence-corrected chi connectivity index (χ3v) is 2.02. The third kappa shape index (κ3) is 1.96. The minimum Gasteiger partial charge on any atom is -0.399 e. The molecule has 1 rings (SSSR count). The molecule has 1 aromatic rings. The molecule has 2 N–H and O–H groups in total. The Hall–Kier alpha value is -1.71. The van der Waals surface area contributed by atoms with Crippen molar-refractivity contribution in [2.45, 2.75) is 0 Å². The molecular weight excluding hydrogens is 178 g/mol. The number of carbonyl (C=O) groups is 1. The molecule has 76 valence electrons. The van der Waals surface area contributed by atoms with Gasteiger partial charge < -0.3 is 15.5 Å². The van der Waals surface area contributed by atoms with Crippen molar-refractivity contribution in [3.05, 3.63) is 18.2 Å². The topological polar surface area (TPSA) is 49.6 Å². The van der Waals surface area contributed by atoms with Crippen molar-refractivity contribution in [1.82, 2.24) is 0 Å². The Balaban J connectivity index is 3.22. The van der Waals surface area contributed by atoms with Gasteiger partial charge in [-0.3, -0.25) is 4.79 Å². The van der Waals surface area contributed by atoms with E-state index in [1.807, 2.05) is 31.1 Å². The van der Waals surface area contributed by atoms with Crippen LogP contribution in [0.1, 0.15) is 0 Å². The maximum atomic E-state index is 10.7. The van der Waals surface area contributed by atoms with Gasteiger partial charge in [0, 0.05) is 26.8 Å². The summed E-state index contributed by atoms with van der Waals surface area (Å²) >= 11 is 0. The molecule has 0 spiro atoms. The predicted molar refractivity (Wildman–Crippen MR) is 59.6 cm³/mol. The lowest BCUT2D eigenvalue weighted by atomic mass is 10.2. The van der Waals surface area contributed by atoms with Gasteiger partial charge in [-0.05, 0) is 18.2 Å². The number of rotatable bonds is 3. The quantitative estimate of drug-likeness (QED) is 0.574. The average molecular weight is 193 g/mol. The number of nitrogens with zero attached hydrogens (tertiary/aromatic N) is 2. The average Bonchev–Trinajstić information content (AvgIpc) is 2.16. The van der Waals surface area contributed by atoms with Crippen LogP contribution in [-0.2, 0) is 4.79 Å². The van der Waals surface area contributed by atoms with Crippen LogP contribution in [0.3, 0.4) is 0 Å². The molecule has 0 aliphatic heterocycles. The van der Waals surface area contributed by atoms with Crippen LogP contribution in [0, 0.1) is 0 Å². The van der Waals surface area contributed by atoms with E-state index in [2.05, 4.69) is 0 Å². The lowest BCUT2D eigenvalue weighted by molar-refractivity contribution is -0.107. The Morgan fingerprint density at radius 2 is 1.86 bits per heavy atom. The van der Waals surface area contributed by atoms with Gasteiger partial charge in [-0.2, -0.15) is 0 Å². The summed E-state index contributed by atoms with van der Waals surface area (Å²) in [7, 11) is 5.55. The zero-order chi connectivity index (χ0) is 10.7. The fourth-order valence-corrected chi connectivity index (χ4v) is 1.26. The molecule has 4 nitrogen and oxygen atoms in total. The van der Waals surface area contributed by atoms with E-state index in [0.717, 1.165) is 17.8 Å². The van der Waals surface area contributed by atoms with E-state index in [4.69, 9.17) is 5.73 Å². The summed E-state index contributed by atoms with van der Waals surface area (Å²) in [6.07, 6.45) is 0.766. The molecule has 14 heavy (non-hydrogen) atoms. The molecule has 4 heteroatoms. The van der Waals surface area contributed by atoms with Crippen LogP contribution >= 0.6 is 0 Å². The van der Waals surface area contributed by atoms with Crippen molar-refractivity contribution >= 4 is 23.5 Å². The third-order valence-electron chi connectivity index (χ3n) is 2.02. The van der Waals surface area contributed by atoms with Gasteiger partial charge in [0.2, 0.25) is 6.41 Å². The molecule has 0 unspecified atom stereocenters. The van der Waals surface area contributed by atoms with Crippen LogP contribution in [0.5, 0.6) is 0 Å². The second-order valence-electron chi connectivity index (χ2n) is 3.36. The Labute approximate surface area is 83.9 Å². The van der Waals surface area contributed by atoms with Gasteiger partial charge >= 0.3 is 0 Å². The first-order valence-corrected chi connectivity index (χ1v) is 4.31. The molecule has 0 bridgehead atoms. The monoisotopic (exact) mass is 193 g/mol. The van der Waals surface area contributed by atoms with Crippen molar-refractivity contribution in [3.8, 4) is 0 Å². The summed E-state index contributed by atoms with van der Waals surface area (Å²) in [4.78, 5) is 14.1. The highest BCUT2D eigenvalue weighted by Crippen LogP contribution is 2.28. The first-order chi connectivity index (χ1) is 6.56. The second kappa shape index (κ2) is 4.00. The van der Waals surface area contributed by atoms with Gasteiger partial charge in [0.1, 0.15) is 0 Å². The number of nitrogens with two attached hydrogens (primary N) is 1. The van der Waals surface area contributed by atoms with Crippen LogP contribution in [0.4, 0.5) is 17.1 Å². The van der Waals surface area contributed by atoms with E-state index in [1.165, 1.54) is 4.90 Å². The highest BCUT2D eigenvalue weighted by molar-refractivity contribution is 5.85. The van der Waals surface area contributed by atoms with Crippen molar-refractivity contribution in [1.29, 1.82) is 0 Å². The van der Waals surface area contributed by atoms with Gasteiger partial charge in [-0.25, -0.2) is 0 Å². The fourth-order valence-electron chi connectivity index (χ4n) is 1.26. The van der Waals surface area contributed by atoms with Gasteiger partial charge in [0.25, 0.3) is 0 Å². The van der Waals surface area contributed by atoms with Crippen molar-refractivity contribution in [3.63, 3.8) is 0 Å². The molecule has 1 amide bonds. The maximum Gasteiger partial charge on any atom is 0.213 e. The Bertz CT molecular complexity index is 336. The van der Waals surface area contributed by atoms with E-state index >= 15 is 0 Å². The van der Waals surface area contributed by atoms with E-state index in [9.17, 15) is 4.79 Å². The van der Waals surface area contributed by atoms with Crippen molar-refractivity contribution in [2.24, 2.45) is 0 Å². The largest absolute Gasteiger partial charge is 0.399 e. The lowest BCUT2D eigenvalue weighted by Gasteiger charge is -2.21. The van der Waals surface area contributed by atoms with Crippen LogP contribution in [0.25, 0.3) is 0 Å². The molecule has 0 aromatic heterocycles. The molecule has 0 saturated carbocycles. The zero-order valence-electron chi connectivity index (χ0n) is 8.69. The Kier molecular flexibility index (Phi) is 2.96. The van der Waals surface area contributed by atoms with Crippen LogP contribution < -0.4 is 15.5 Å². The molecule has 0 saturated heterocycles. The highest BCUT2D eigenvalue weighted by atomic mass is 16.1. The maximum absolute atomic E-state index is 10.7. The smallest absolute Gasteiger partial charge is 0.213 e. The number of hydrogen-bond donors (Lipinski definition) is 1. The molecule has 0 heterocycles. The highest BCUT2D eigenvalue weighted by Gasteiger charge is 2.08. The molecule has 0 aliphatic rings. The number of amides is 1. The summed E-state index contributed by atoms with van der Waals surface area (Å²) in [6, 6.07) is 5.49. The summed E-state index contributed by atoms with van der Waals surface area (Å²) in [5, 5.41) is 0. The molecule has 0 fully saturated rings. The first-order valence-electron chi connectivity index (χ1n) is 4.31. The van der Waals surface area contributed by atoms with Gasteiger partial charge in [0.15, 0.2) is 0 Å². The van der Waals surface area contributed by atoms with E-state index in [0.29, 0.717) is 5.69 Å². The van der Waals surface area contributed by atoms with Gasteiger partial charge in [0.05, 0.1) is 11.4 Å². The SMILES string of the molecule is CN(C)c1ccc(N)cc1N(C)C=O.